The van der Waals surface area contributed by atoms with Crippen LogP contribution in [0.2, 0.25) is 5.02 Å². The van der Waals surface area contributed by atoms with Gasteiger partial charge in [-0.25, -0.2) is 14.2 Å². The fourth-order valence-electron chi connectivity index (χ4n) is 2.65. The zero-order chi connectivity index (χ0) is 18.8. The predicted molar refractivity (Wildman–Crippen MR) is 99.5 cm³/mol. The molecule has 2 atom stereocenters. The molecule has 1 aromatic carbocycles. The van der Waals surface area contributed by atoms with Crippen LogP contribution in [0.5, 0.6) is 11.5 Å². The minimum atomic E-state index is -0.472. The molecule has 0 unspecified atom stereocenters. The molecule has 3 N–H and O–H groups in total. The standard InChI is InChI=1S/C17H16BrClFN3O3/c1-2-26-12-5-3-9(20)14(15(12)19)8-7-10(8)21-17(25)23-13-6-4-11(24)16(18)22-13/h3-6,8,10,24H,2,7H2,1H3,(H2,21,22,23,25)/t8-,10+/m0/s1. The van der Waals surface area contributed by atoms with E-state index < -0.39 is 11.8 Å². The molecule has 1 aromatic heterocycles. The third-order valence-electron chi connectivity index (χ3n) is 3.94. The molecule has 1 saturated carbocycles. The first kappa shape index (κ1) is 18.7. The third kappa shape index (κ3) is 4.02. The second kappa shape index (κ2) is 7.67. The van der Waals surface area contributed by atoms with Crippen molar-refractivity contribution in [3.8, 4) is 11.5 Å². The van der Waals surface area contributed by atoms with Crippen LogP contribution < -0.4 is 15.4 Å². The van der Waals surface area contributed by atoms with E-state index in [1.165, 1.54) is 24.3 Å². The van der Waals surface area contributed by atoms with Crippen molar-refractivity contribution in [1.82, 2.24) is 10.3 Å². The summed E-state index contributed by atoms with van der Waals surface area (Å²) >= 11 is 9.33. The molecule has 0 bridgehead atoms. The molecule has 9 heteroatoms. The topological polar surface area (TPSA) is 83.5 Å². The second-order valence-corrected chi connectivity index (χ2v) is 6.89. The second-order valence-electron chi connectivity index (χ2n) is 5.76. The molecule has 0 aliphatic heterocycles. The number of rotatable bonds is 5. The molecule has 1 fully saturated rings. The lowest BCUT2D eigenvalue weighted by Crippen LogP contribution is -2.31. The molecule has 1 heterocycles. The Morgan fingerprint density at radius 3 is 2.92 bits per heavy atom. The summed E-state index contributed by atoms with van der Waals surface area (Å²) in [6.07, 6.45) is 0.576. The van der Waals surface area contributed by atoms with E-state index in [4.69, 9.17) is 16.3 Å². The fourth-order valence-corrected chi connectivity index (χ4v) is 3.32. The Bertz CT molecular complexity index is 852. The first-order valence-corrected chi connectivity index (χ1v) is 9.11. The highest BCUT2D eigenvalue weighted by atomic mass is 79.9. The Morgan fingerprint density at radius 1 is 1.46 bits per heavy atom. The number of hydrogen-bond donors (Lipinski definition) is 3. The number of amides is 2. The number of nitrogens with one attached hydrogen (secondary N) is 2. The van der Waals surface area contributed by atoms with Crippen molar-refractivity contribution in [3.63, 3.8) is 0 Å². The number of benzene rings is 1. The lowest BCUT2D eigenvalue weighted by atomic mass is 10.1. The quantitative estimate of drug-likeness (QED) is 0.596. The number of nitrogens with zero attached hydrogens (tertiary/aromatic N) is 1. The van der Waals surface area contributed by atoms with Gasteiger partial charge in [-0.3, -0.25) is 5.32 Å². The number of carbonyl (C=O) groups is 1. The van der Waals surface area contributed by atoms with Crippen molar-refractivity contribution in [2.24, 2.45) is 0 Å². The maximum Gasteiger partial charge on any atom is 0.320 e. The van der Waals surface area contributed by atoms with Crippen LogP contribution in [0.15, 0.2) is 28.9 Å². The first-order chi connectivity index (χ1) is 12.4. The van der Waals surface area contributed by atoms with Gasteiger partial charge in [-0.15, -0.1) is 0 Å². The van der Waals surface area contributed by atoms with Crippen molar-refractivity contribution in [1.29, 1.82) is 0 Å². The van der Waals surface area contributed by atoms with Crippen molar-refractivity contribution in [2.75, 3.05) is 11.9 Å². The molecule has 1 aliphatic carbocycles. The summed E-state index contributed by atoms with van der Waals surface area (Å²) in [5, 5.41) is 15.0. The lowest BCUT2D eigenvalue weighted by Gasteiger charge is -2.12. The molecule has 0 radical (unpaired) electrons. The summed E-state index contributed by atoms with van der Waals surface area (Å²) in [5.74, 6) is 0.0358. The Hall–Kier alpha value is -2.06. The third-order valence-corrected chi connectivity index (χ3v) is 4.91. The van der Waals surface area contributed by atoms with Crippen LogP contribution in [-0.2, 0) is 0 Å². The van der Waals surface area contributed by atoms with Gasteiger partial charge >= 0.3 is 6.03 Å². The SMILES string of the molecule is CCOc1ccc(F)c([C@H]2C[C@H]2NC(=O)Nc2ccc(O)c(Br)n2)c1Cl. The maximum atomic E-state index is 14.2. The van der Waals surface area contributed by atoms with Crippen LogP contribution in [0.3, 0.4) is 0 Å². The Kier molecular flexibility index (Phi) is 5.52. The van der Waals surface area contributed by atoms with Gasteiger partial charge in [0.25, 0.3) is 0 Å². The van der Waals surface area contributed by atoms with E-state index in [2.05, 4.69) is 31.5 Å². The van der Waals surface area contributed by atoms with Gasteiger partial charge in [0.1, 0.15) is 27.7 Å². The molecule has 0 saturated heterocycles. The number of anilines is 1. The van der Waals surface area contributed by atoms with Crippen LogP contribution in [-0.4, -0.2) is 28.8 Å². The number of pyridine rings is 1. The van der Waals surface area contributed by atoms with E-state index in [-0.39, 0.29) is 33.2 Å². The average Bonchev–Trinajstić information content (AvgIpc) is 3.32. The van der Waals surface area contributed by atoms with Crippen molar-refractivity contribution in [3.05, 3.63) is 45.3 Å². The molecule has 26 heavy (non-hydrogen) atoms. The molecule has 0 spiro atoms. The Balaban J connectivity index is 1.65. The number of aromatic hydroxyl groups is 1. The van der Waals surface area contributed by atoms with E-state index in [0.717, 1.165) is 0 Å². The Labute approximate surface area is 162 Å². The predicted octanol–water partition coefficient (Wildman–Crippen LogP) is 4.42. The van der Waals surface area contributed by atoms with Crippen LogP contribution in [0.4, 0.5) is 15.0 Å². The highest BCUT2D eigenvalue weighted by molar-refractivity contribution is 9.10. The number of ether oxygens (including phenoxy) is 1. The summed E-state index contributed by atoms with van der Waals surface area (Å²) in [4.78, 5) is 16.1. The van der Waals surface area contributed by atoms with Crippen LogP contribution >= 0.6 is 27.5 Å². The van der Waals surface area contributed by atoms with Gasteiger partial charge in [0.05, 0.1) is 11.6 Å². The number of urea groups is 1. The molecule has 138 valence electrons. The molecular weight excluding hydrogens is 429 g/mol. The van der Waals surface area contributed by atoms with E-state index in [1.54, 1.807) is 0 Å². The Morgan fingerprint density at radius 2 is 2.23 bits per heavy atom. The van der Waals surface area contributed by atoms with Gasteiger partial charge < -0.3 is 15.2 Å². The number of hydrogen-bond acceptors (Lipinski definition) is 4. The van der Waals surface area contributed by atoms with Gasteiger partial charge in [0.15, 0.2) is 0 Å². The van der Waals surface area contributed by atoms with Gasteiger partial charge in [-0.05, 0) is 53.5 Å². The van der Waals surface area contributed by atoms with E-state index in [1.807, 2.05) is 6.92 Å². The van der Waals surface area contributed by atoms with Gasteiger partial charge in [-0.2, -0.15) is 0 Å². The zero-order valence-corrected chi connectivity index (χ0v) is 16.1. The van der Waals surface area contributed by atoms with Crippen molar-refractivity contribution >= 4 is 39.4 Å². The molecule has 2 aromatic rings. The summed E-state index contributed by atoms with van der Waals surface area (Å²) in [6, 6.07) is 4.97. The summed E-state index contributed by atoms with van der Waals surface area (Å²) in [6.45, 7) is 2.25. The van der Waals surface area contributed by atoms with Crippen molar-refractivity contribution < 1.29 is 19.0 Å². The largest absolute Gasteiger partial charge is 0.505 e. The first-order valence-electron chi connectivity index (χ1n) is 7.94. The van der Waals surface area contributed by atoms with Crippen LogP contribution in [0.25, 0.3) is 0 Å². The van der Waals surface area contributed by atoms with Gasteiger partial charge in [-0.1, -0.05) is 11.6 Å². The highest BCUT2D eigenvalue weighted by Crippen LogP contribution is 2.47. The minimum Gasteiger partial charge on any atom is -0.505 e. The monoisotopic (exact) mass is 443 g/mol. The number of aromatic nitrogens is 1. The molecule has 2 amide bonds. The van der Waals surface area contributed by atoms with E-state index >= 15 is 0 Å². The smallest absolute Gasteiger partial charge is 0.320 e. The lowest BCUT2D eigenvalue weighted by molar-refractivity contribution is 0.251. The zero-order valence-electron chi connectivity index (χ0n) is 13.7. The molecule has 3 rings (SSSR count). The maximum absolute atomic E-state index is 14.2. The highest BCUT2D eigenvalue weighted by Gasteiger charge is 2.43. The number of carbonyl (C=O) groups excluding carboxylic acids is 1. The van der Waals surface area contributed by atoms with Gasteiger partial charge in [0.2, 0.25) is 0 Å². The molecule has 6 nitrogen and oxygen atoms in total. The fraction of sp³-hybridized carbons (Fsp3) is 0.294. The van der Waals surface area contributed by atoms with E-state index in [9.17, 15) is 14.3 Å². The summed E-state index contributed by atoms with van der Waals surface area (Å²) in [5.41, 5.74) is 0.355. The normalized spacial score (nSPS) is 18.3. The van der Waals surface area contributed by atoms with Crippen LogP contribution in [0.1, 0.15) is 24.8 Å². The average molecular weight is 445 g/mol. The number of halogens is 3. The van der Waals surface area contributed by atoms with Crippen molar-refractivity contribution in [2.45, 2.75) is 25.3 Å². The van der Waals surface area contributed by atoms with Gasteiger partial charge in [0, 0.05) is 17.5 Å². The molecular formula is C17H16BrClFN3O3. The molecule has 1 aliphatic rings. The summed E-state index contributed by atoms with van der Waals surface area (Å²) < 4.78 is 19.8. The van der Waals surface area contributed by atoms with Crippen LogP contribution in [0, 0.1) is 5.82 Å². The minimum absolute atomic E-state index is 0.0301. The van der Waals surface area contributed by atoms with E-state index in [0.29, 0.717) is 24.3 Å². The summed E-state index contributed by atoms with van der Waals surface area (Å²) in [7, 11) is 0.